The summed E-state index contributed by atoms with van der Waals surface area (Å²) in [6.07, 6.45) is 3.72. The van der Waals surface area contributed by atoms with Gasteiger partial charge in [-0.3, -0.25) is 4.79 Å². The minimum atomic E-state index is -0.108. The quantitative estimate of drug-likeness (QED) is 0.725. The van der Waals surface area contributed by atoms with Crippen LogP contribution < -0.4 is 4.74 Å². The summed E-state index contributed by atoms with van der Waals surface area (Å²) in [4.78, 5) is 19.5. The third kappa shape index (κ3) is 2.65. The highest BCUT2D eigenvalue weighted by Crippen LogP contribution is 2.32. The van der Waals surface area contributed by atoms with Crippen molar-refractivity contribution in [3.05, 3.63) is 65.1 Å². The van der Waals surface area contributed by atoms with Crippen LogP contribution in [0.2, 0.25) is 0 Å². The largest absolute Gasteiger partial charge is 0.497 e. The number of nitrogens with zero attached hydrogens (tertiary/aromatic N) is 4. The fourth-order valence-electron chi connectivity index (χ4n) is 3.46. The molecule has 1 atom stereocenters. The predicted octanol–water partition coefficient (Wildman–Crippen LogP) is 2.89. The van der Waals surface area contributed by atoms with Crippen LogP contribution in [0.1, 0.15) is 39.2 Å². The van der Waals surface area contributed by atoms with Crippen LogP contribution >= 0.6 is 0 Å². The Kier molecular flexibility index (Phi) is 3.99. The summed E-state index contributed by atoms with van der Waals surface area (Å²) in [6, 6.07) is 7.72. The highest BCUT2D eigenvalue weighted by molar-refractivity contribution is 5.96. The number of carbonyl (C=O) groups excluding carboxylic acids is 1. The Morgan fingerprint density at radius 1 is 1.27 bits per heavy atom. The van der Waals surface area contributed by atoms with Crippen molar-refractivity contribution < 1.29 is 14.1 Å². The van der Waals surface area contributed by atoms with Crippen molar-refractivity contribution in [1.82, 2.24) is 19.6 Å². The molecule has 134 valence electrons. The minimum absolute atomic E-state index is 0.0867. The molecular weight excluding hydrogens is 332 g/mol. The van der Waals surface area contributed by atoms with Gasteiger partial charge in [0, 0.05) is 18.9 Å². The third-order valence-corrected chi connectivity index (χ3v) is 4.87. The lowest BCUT2D eigenvalue weighted by Crippen LogP contribution is -2.41. The second-order valence-electron chi connectivity index (χ2n) is 6.42. The summed E-state index contributed by atoms with van der Waals surface area (Å²) >= 11 is 0. The van der Waals surface area contributed by atoms with Crippen molar-refractivity contribution >= 4 is 5.91 Å². The first-order chi connectivity index (χ1) is 12.6. The lowest BCUT2D eigenvalue weighted by atomic mass is 10.0. The minimum Gasteiger partial charge on any atom is -0.497 e. The van der Waals surface area contributed by atoms with Crippen LogP contribution in [-0.2, 0) is 13.1 Å². The molecule has 0 N–H and O–H groups in total. The summed E-state index contributed by atoms with van der Waals surface area (Å²) in [5, 5.41) is 3.93. The maximum Gasteiger partial charge on any atom is 0.260 e. The number of ether oxygens (including phenoxy) is 1. The van der Waals surface area contributed by atoms with Gasteiger partial charge in [-0.25, -0.2) is 4.98 Å². The van der Waals surface area contributed by atoms with Crippen molar-refractivity contribution in [2.75, 3.05) is 7.11 Å². The molecule has 0 saturated carbocycles. The number of fused-ring (bicyclic) bond motifs is 1. The number of aryl methyl sites for hydroxylation is 2. The molecule has 7 nitrogen and oxygen atoms in total. The van der Waals surface area contributed by atoms with Gasteiger partial charge in [-0.1, -0.05) is 17.3 Å². The number of rotatable bonds is 3. The van der Waals surface area contributed by atoms with Crippen LogP contribution in [-0.4, -0.2) is 32.6 Å². The summed E-state index contributed by atoms with van der Waals surface area (Å²) in [7, 11) is 1.64. The smallest absolute Gasteiger partial charge is 0.260 e. The molecule has 1 aromatic carbocycles. The van der Waals surface area contributed by atoms with Crippen molar-refractivity contribution in [3.63, 3.8) is 0 Å². The zero-order valence-electron chi connectivity index (χ0n) is 15.0. The second-order valence-corrected chi connectivity index (χ2v) is 6.42. The fourth-order valence-corrected chi connectivity index (χ4v) is 3.46. The van der Waals surface area contributed by atoms with Gasteiger partial charge in [-0.2, -0.15) is 0 Å². The number of hydrogen-bond acceptors (Lipinski definition) is 5. The van der Waals surface area contributed by atoms with Crippen LogP contribution in [0.5, 0.6) is 5.75 Å². The number of benzene rings is 1. The second kappa shape index (κ2) is 6.33. The summed E-state index contributed by atoms with van der Waals surface area (Å²) in [5.41, 5.74) is 2.18. The van der Waals surface area contributed by atoms with Gasteiger partial charge in [-0.15, -0.1) is 0 Å². The molecule has 0 fully saturated rings. The van der Waals surface area contributed by atoms with E-state index >= 15 is 0 Å². The van der Waals surface area contributed by atoms with Crippen LogP contribution in [0.25, 0.3) is 0 Å². The van der Waals surface area contributed by atoms with E-state index in [1.54, 1.807) is 27.2 Å². The van der Waals surface area contributed by atoms with E-state index in [0.717, 1.165) is 17.1 Å². The number of hydrogen-bond donors (Lipinski definition) is 0. The Labute approximate surface area is 151 Å². The first-order valence-electron chi connectivity index (χ1n) is 8.46. The Morgan fingerprint density at radius 2 is 2.04 bits per heavy atom. The first kappa shape index (κ1) is 16.4. The van der Waals surface area contributed by atoms with Gasteiger partial charge in [0.15, 0.2) is 0 Å². The molecule has 3 aromatic rings. The van der Waals surface area contributed by atoms with Gasteiger partial charge in [0.1, 0.15) is 22.9 Å². The van der Waals surface area contributed by atoms with E-state index in [0.29, 0.717) is 30.1 Å². The van der Waals surface area contributed by atoms with Gasteiger partial charge >= 0.3 is 0 Å². The van der Waals surface area contributed by atoms with E-state index in [-0.39, 0.29) is 11.9 Å². The molecule has 1 aliphatic rings. The maximum atomic E-state index is 13.3. The molecule has 2 aromatic heterocycles. The molecule has 0 unspecified atom stereocenters. The first-order valence-corrected chi connectivity index (χ1v) is 8.46. The van der Waals surface area contributed by atoms with Gasteiger partial charge in [0.2, 0.25) is 0 Å². The molecule has 0 radical (unpaired) electrons. The van der Waals surface area contributed by atoms with Gasteiger partial charge < -0.3 is 18.7 Å². The normalized spacial score (nSPS) is 16.4. The van der Waals surface area contributed by atoms with Crippen molar-refractivity contribution in [3.8, 4) is 5.75 Å². The molecule has 0 aliphatic carbocycles. The number of amides is 1. The topological polar surface area (TPSA) is 73.4 Å². The van der Waals surface area contributed by atoms with Gasteiger partial charge in [0.05, 0.1) is 25.4 Å². The SMILES string of the molecule is COc1ccc([C@H]2Cn3ccnc3CN2C(=O)c2c(C)noc2C)cc1. The number of carbonyl (C=O) groups is 1. The van der Waals surface area contributed by atoms with E-state index in [2.05, 4.69) is 14.7 Å². The number of imidazole rings is 1. The van der Waals surface area contributed by atoms with Crippen molar-refractivity contribution in [2.45, 2.75) is 33.0 Å². The Balaban J connectivity index is 1.75. The molecule has 3 heterocycles. The number of aromatic nitrogens is 3. The van der Waals surface area contributed by atoms with Crippen LogP contribution in [0.15, 0.2) is 41.2 Å². The Bertz CT molecular complexity index is 923. The molecule has 26 heavy (non-hydrogen) atoms. The lowest BCUT2D eigenvalue weighted by molar-refractivity contribution is 0.0582. The van der Waals surface area contributed by atoms with Gasteiger partial charge in [-0.05, 0) is 31.5 Å². The van der Waals surface area contributed by atoms with E-state index in [4.69, 9.17) is 9.26 Å². The average Bonchev–Trinajstić information content (AvgIpc) is 3.26. The highest BCUT2D eigenvalue weighted by Gasteiger charge is 2.34. The zero-order valence-corrected chi connectivity index (χ0v) is 15.0. The molecule has 4 rings (SSSR count). The maximum absolute atomic E-state index is 13.3. The molecule has 0 saturated heterocycles. The summed E-state index contributed by atoms with van der Waals surface area (Å²) in [6.45, 7) is 4.64. The number of methoxy groups -OCH3 is 1. The molecule has 1 amide bonds. The zero-order chi connectivity index (χ0) is 18.3. The van der Waals surface area contributed by atoms with Crippen molar-refractivity contribution in [2.24, 2.45) is 0 Å². The van der Waals surface area contributed by atoms with Crippen molar-refractivity contribution in [1.29, 1.82) is 0 Å². The van der Waals surface area contributed by atoms with E-state index in [9.17, 15) is 4.79 Å². The standard InChI is InChI=1S/C19H20N4O3/c1-12-18(13(2)26-21-12)19(24)23-11-17-20-8-9-22(17)10-16(23)14-4-6-15(25-3)7-5-14/h4-9,16H,10-11H2,1-3H3/t16-/m1/s1. The summed E-state index contributed by atoms with van der Waals surface area (Å²) in [5.74, 6) is 2.11. The van der Waals surface area contributed by atoms with E-state index < -0.39 is 0 Å². The Hall–Kier alpha value is -3.09. The highest BCUT2D eigenvalue weighted by atomic mass is 16.5. The van der Waals surface area contributed by atoms with Crippen LogP contribution in [0.3, 0.4) is 0 Å². The fraction of sp³-hybridized carbons (Fsp3) is 0.316. The van der Waals surface area contributed by atoms with E-state index in [1.807, 2.05) is 35.4 Å². The molecule has 1 aliphatic heterocycles. The molecular formula is C19H20N4O3. The Morgan fingerprint density at radius 3 is 2.69 bits per heavy atom. The van der Waals surface area contributed by atoms with E-state index in [1.165, 1.54) is 0 Å². The van der Waals surface area contributed by atoms with Crippen LogP contribution in [0.4, 0.5) is 0 Å². The lowest BCUT2D eigenvalue weighted by Gasteiger charge is -2.36. The molecule has 0 bridgehead atoms. The van der Waals surface area contributed by atoms with Crippen LogP contribution in [0, 0.1) is 13.8 Å². The van der Waals surface area contributed by atoms with Gasteiger partial charge in [0.25, 0.3) is 5.91 Å². The summed E-state index contributed by atoms with van der Waals surface area (Å²) < 4.78 is 12.5. The predicted molar refractivity (Wildman–Crippen MR) is 93.8 cm³/mol. The monoisotopic (exact) mass is 352 g/mol. The molecule has 7 heteroatoms. The average molecular weight is 352 g/mol. The third-order valence-electron chi connectivity index (χ3n) is 4.87. The molecule has 0 spiro atoms.